The molecule has 3 aromatic carbocycles. The number of anilines is 1. The number of rotatable bonds is 0. The number of benzene rings is 3. The van der Waals surface area contributed by atoms with E-state index in [1.165, 1.54) is 27.8 Å². The van der Waals surface area contributed by atoms with Crippen LogP contribution in [0.3, 0.4) is 0 Å². The molecule has 1 unspecified atom stereocenters. The van der Waals surface area contributed by atoms with Crippen LogP contribution in [0.5, 0.6) is 5.75 Å². The summed E-state index contributed by atoms with van der Waals surface area (Å²) in [4.78, 5) is 7.20. The first-order chi connectivity index (χ1) is 12.8. The van der Waals surface area contributed by atoms with Gasteiger partial charge in [0.05, 0.1) is 11.6 Å². The van der Waals surface area contributed by atoms with Crippen LogP contribution in [-0.4, -0.2) is 19.0 Å². The van der Waals surface area contributed by atoms with Crippen LogP contribution < -0.4 is 9.64 Å². The molecule has 5 rings (SSSR count). The Hall–Kier alpha value is -2.81. The largest absolute Gasteiger partial charge is 0.459 e. The van der Waals surface area contributed by atoms with Crippen molar-refractivity contribution in [1.29, 1.82) is 0 Å². The minimum absolute atomic E-state index is 0.234. The highest BCUT2D eigenvalue weighted by molar-refractivity contribution is 5.99. The van der Waals surface area contributed by atoms with E-state index in [9.17, 15) is 0 Å². The van der Waals surface area contributed by atoms with E-state index in [0.29, 0.717) is 0 Å². The van der Waals surface area contributed by atoms with E-state index >= 15 is 0 Å². The molecule has 0 saturated carbocycles. The summed E-state index contributed by atoms with van der Waals surface area (Å²) < 4.78 is 6.77. The Kier molecular flexibility index (Phi) is 3.11. The van der Waals surface area contributed by atoms with Crippen LogP contribution in [0, 0.1) is 13.8 Å². The smallest absolute Gasteiger partial charge is 0.228 e. The number of aliphatic imine (C=N–C) groups is 1. The molecule has 0 aliphatic carbocycles. The van der Waals surface area contributed by atoms with Crippen molar-refractivity contribution in [1.82, 2.24) is 0 Å². The second kappa shape index (κ2) is 5.13. The molecule has 2 aliphatic heterocycles. The third-order valence-electron chi connectivity index (χ3n) is 6.34. The molecule has 3 aromatic rings. The first kappa shape index (κ1) is 16.4. The van der Waals surface area contributed by atoms with Crippen molar-refractivity contribution in [3.8, 4) is 5.75 Å². The fourth-order valence-electron chi connectivity index (χ4n) is 5.04. The maximum Gasteiger partial charge on any atom is 0.228 e. The molecular weight excluding hydrogens is 332 g/mol. The van der Waals surface area contributed by atoms with Crippen LogP contribution in [0.25, 0.3) is 10.8 Å². The Morgan fingerprint density at radius 3 is 2.59 bits per heavy atom. The van der Waals surface area contributed by atoms with Gasteiger partial charge >= 0.3 is 0 Å². The summed E-state index contributed by atoms with van der Waals surface area (Å²) in [6.45, 7) is 8.86. The number of nitrogens with zero attached hydrogens (tertiary/aromatic N) is 2. The maximum absolute atomic E-state index is 6.77. The third-order valence-corrected chi connectivity index (χ3v) is 6.34. The molecule has 0 bridgehead atoms. The van der Waals surface area contributed by atoms with Crippen LogP contribution in [-0.2, 0) is 5.41 Å². The van der Waals surface area contributed by atoms with Crippen LogP contribution >= 0.6 is 0 Å². The average Bonchev–Trinajstić information content (AvgIpc) is 2.80. The molecule has 0 saturated heterocycles. The molecule has 3 nitrogen and oxygen atoms in total. The predicted octanol–water partition coefficient (Wildman–Crippen LogP) is 5.68. The first-order valence-electron chi connectivity index (χ1n) is 9.47. The lowest BCUT2D eigenvalue weighted by atomic mass is 9.75. The fourth-order valence-corrected chi connectivity index (χ4v) is 5.04. The van der Waals surface area contributed by atoms with Crippen molar-refractivity contribution in [2.24, 2.45) is 4.99 Å². The van der Waals surface area contributed by atoms with E-state index in [4.69, 9.17) is 9.73 Å². The summed E-state index contributed by atoms with van der Waals surface area (Å²) in [6.07, 6.45) is 2.01. The number of hydrogen-bond acceptors (Lipinski definition) is 3. The summed E-state index contributed by atoms with van der Waals surface area (Å²) in [5.41, 5.74) is 5.20. The van der Waals surface area contributed by atoms with Gasteiger partial charge in [0.1, 0.15) is 11.4 Å². The van der Waals surface area contributed by atoms with Crippen molar-refractivity contribution < 1.29 is 4.74 Å². The number of hydrogen-bond donors (Lipinski definition) is 0. The maximum atomic E-state index is 6.77. The highest BCUT2D eigenvalue weighted by atomic mass is 16.5. The molecule has 0 amide bonds. The van der Waals surface area contributed by atoms with Gasteiger partial charge in [0.15, 0.2) is 0 Å². The van der Waals surface area contributed by atoms with E-state index in [2.05, 4.69) is 88.2 Å². The Morgan fingerprint density at radius 1 is 1.00 bits per heavy atom. The Morgan fingerprint density at radius 2 is 1.78 bits per heavy atom. The highest BCUT2D eigenvalue weighted by Gasteiger charge is 2.59. The minimum atomic E-state index is -0.636. The summed E-state index contributed by atoms with van der Waals surface area (Å²) in [5.74, 6) is 0.846. The Bertz CT molecular complexity index is 1130. The van der Waals surface area contributed by atoms with Crippen molar-refractivity contribution in [2.75, 3.05) is 11.9 Å². The molecule has 0 aromatic heterocycles. The molecule has 0 N–H and O–H groups in total. The SMILES string of the molecule is Cc1cc(C)c2c(c1)N(C)C1(C=Nc3c(ccc4ccccc34)O1)C2(C)C. The lowest BCUT2D eigenvalue weighted by Crippen LogP contribution is -2.61. The highest BCUT2D eigenvalue weighted by Crippen LogP contribution is 2.55. The minimum Gasteiger partial charge on any atom is -0.459 e. The molecule has 1 atom stereocenters. The quantitative estimate of drug-likeness (QED) is 0.518. The van der Waals surface area contributed by atoms with Gasteiger partial charge in [0, 0.05) is 18.1 Å². The van der Waals surface area contributed by atoms with Gasteiger partial charge in [-0.25, -0.2) is 0 Å². The molecule has 27 heavy (non-hydrogen) atoms. The fraction of sp³-hybridized carbons (Fsp3) is 0.292. The average molecular weight is 356 g/mol. The number of fused-ring (bicyclic) bond motifs is 4. The Balaban J connectivity index is 1.73. The zero-order valence-corrected chi connectivity index (χ0v) is 16.5. The normalized spacial score (nSPS) is 22.0. The summed E-state index contributed by atoms with van der Waals surface area (Å²) in [6, 6.07) is 17.0. The summed E-state index contributed by atoms with van der Waals surface area (Å²) >= 11 is 0. The van der Waals surface area contributed by atoms with Crippen molar-refractivity contribution >= 4 is 28.4 Å². The Labute approximate surface area is 160 Å². The van der Waals surface area contributed by atoms with Crippen molar-refractivity contribution in [3.63, 3.8) is 0 Å². The van der Waals surface area contributed by atoms with Crippen molar-refractivity contribution in [3.05, 3.63) is 65.2 Å². The molecule has 0 fully saturated rings. The first-order valence-corrected chi connectivity index (χ1v) is 9.47. The predicted molar refractivity (Wildman–Crippen MR) is 113 cm³/mol. The van der Waals surface area contributed by atoms with Gasteiger partial charge in [-0.1, -0.05) is 36.4 Å². The molecule has 3 heteroatoms. The lowest BCUT2D eigenvalue weighted by molar-refractivity contribution is 0.0824. The van der Waals surface area contributed by atoms with Crippen LogP contribution in [0.1, 0.15) is 30.5 Å². The van der Waals surface area contributed by atoms with Gasteiger partial charge < -0.3 is 9.64 Å². The third kappa shape index (κ3) is 1.94. The number of likely N-dealkylation sites (N-methyl/N-ethyl adjacent to an activating group) is 1. The second-order valence-electron chi connectivity index (χ2n) is 8.35. The zero-order valence-electron chi connectivity index (χ0n) is 16.5. The van der Waals surface area contributed by atoms with Crippen molar-refractivity contribution in [2.45, 2.75) is 38.8 Å². The van der Waals surface area contributed by atoms with Crippen LogP contribution in [0.15, 0.2) is 53.5 Å². The molecular formula is C24H24N2O. The van der Waals surface area contributed by atoms with E-state index < -0.39 is 5.72 Å². The van der Waals surface area contributed by atoms with E-state index in [1.54, 1.807) is 0 Å². The summed E-state index contributed by atoms with van der Waals surface area (Å²) in [7, 11) is 2.12. The van der Waals surface area contributed by atoms with Gasteiger partial charge in [-0.2, -0.15) is 0 Å². The van der Waals surface area contributed by atoms with E-state index in [-0.39, 0.29) is 5.41 Å². The number of aryl methyl sites for hydroxylation is 2. The number of ether oxygens (including phenoxy) is 1. The van der Waals surface area contributed by atoms with Gasteiger partial charge in [-0.15, -0.1) is 0 Å². The molecule has 1 spiro atoms. The van der Waals surface area contributed by atoms with E-state index in [1.807, 2.05) is 6.21 Å². The lowest BCUT2D eigenvalue weighted by Gasteiger charge is -2.45. The molecule has 136 valence electrons. The van der Waals surface area contributed by atoms with Crippen LogP contribution in [0.2, 0.25) is 0 Å². The monoisotopic (exact) mass is 356 g/mol. The zero-order chi connectivity index (χ0) is 19.0. The van der Waals surface area contributed by atoms with Gasteiger partial charge in [-0.05, 0) is 61.9 Å². The van der Waals surface area contributed by atoms with Gasteiger partial charge in [-0.3, -0.25) is 4.99 Å². The summed E-state index contributed by atoms with van der Waals surface area (Å²) in [5, 5.41) is 2.31. The van der Waals surface area contributed by atoms with Gasteiger partial charge in [0.2, 0.25) is 5.72 Å². The van der Waals surface area contributed by atoms with E-state index in [0.717, 1.165) is 16.8 Å². The molecule has 2 heterocycles. The standard InChI is InChI=1S/C24H24N2O/c1-15-12-16(2)21-19(13-15)26(5)24(23(21,3)4)14-25-22-18-9-7-6-8-17(18)10-11-20(22)27-24/h6-14H,1-5H3. The van der Waals surface area contributed by atoms with Crippen LogP contribution in [0.4, 0.5) is 11.4 Å². The topological polar surface area (TPSA) is 24.8 Å². The molecule has 0 radical (unpaired) electrons. The second-order valence-corrected chi connectivity index (χ2v) is 8.35. The van der Waals surface area contributed by atoms with Gasteiger partial charge in [0.25, 0.3) is 0 Å². The molecule has 2 aliphatic rings.